The fourth-order valence-electron chi connectivity index (χ4n) is 2.59. The molecule has 26 heavy (non-hydrogen) atoms. The number of methoxy groups -OCH3 is 1. The van der Waals surface area contributed by atoms with E-state index in [0.29, 0.717) is 37.6 Å². The maximum atomic E-state index is 12.4. The number of rotatable bonds is 5. The summed E-state index contributed by atoms with van der Waals surface area (Å²) < 4.78 is 29.7. The third-order valence-corrected chi connectivity index (χ3v) is 5.33. The lowest BCUT2D eigenvalue weighted by Gasteiger charge is -2.32. The number of hydrogen-bond donors (Lipinski definition) is 1. The van der Waals surface area contributed by atoms with E-state index in [-0.39, 0.29) is 5.57 Å². The van der Waals surface area contributed by atoms with E-state index in [2.05, 4.69) is 5.32 Å². The summed E-state index contributed by atoms with van der Waals surface area (Å²) in [6.45, 7) is 3.36. The van der Waals surface area contributed by atoms with Gasteiger partial charge < -0.3 is 15.0 Å². The minimum Gasteiger partial charge on any atom is -0.495 e. The first-order valence-corrected chi connectivity index (χ1v) is 9.86. The molecule has 1 amide bonds. The Morgan fingerprint density at radius 3 is 2.50 bits per heavy atom. The number of carbonyl (C=O) groups is 1. The smallest absolute Gasteiger partial charge is 0.267 e. The predicted octanol–water partition coefficient (Wildman–Crippen LogP) is 0.927. The zero-order valence-electron chi connectivity index (χ0n) is 15.0. The number of hydrogen-bond acceptors (Lipinski definition) is 6. The van der Waals surface area contributed by atoms with E-state index in [9.17, 15) is 18.5 Å². The number of carbonyl (C=O) groups excluding carboxylic acids is 1. The number of nitrogens with zero attached hydrogens (tertiary/aromatic N) is 3. The topological polar surface area (TPSA) is 103 Å². The van der Waals surface area contributed by atoms with E-state index in [1.807, 2.05) is 19.1 Å². The van der Waals surface area contributed by atoms with Gasteiger partial charge in [0.05, 0.1) is 19.1 Å². The van der Waals surface area contributed by atoms with E-state index in [4.69, 9.17) is 4.74 Å². The van der Waals surface area contributed by atoms with Crippen LogP contribution in [-0.2, 0) is 14.8 Å². The number of piperazine rings is 1. The van der Waals surface area contributed by atoms with Gasteiger partial charge in [-0.3, -0.25) is 4.79 Å². The van der Waals surface area contributed by atoms with Crippen LogP contribution in [0.4, 0.5) is 5.69 Å². The largest absolute Gasteiger partial charge is 0.495 e. The fourth-order valence-corrected chi connectivity index (χ4v) is 3.42. The molecule has 9 heteroatoms. The van der Waals surface area contributed by atoms with Gasteiger partial charge in [0.1, 0.15) is 17.4 Å². The van der Waals surface area contributed by atoms with E-state index in [1.54, 1.807) is 17.0 Å². The van der Waals surface area contributed by atoms with Crippen LogP contribution < -0.4 is 10.1 Å². The first-order chi connectivity index (χ1) is 12.2. The molecular formula is C17H22N4O4S. The number of aryl methyl sites for hydroxylation is 1. The summed E-state index contributed by atoms with van der Waals surface area (Å²) >= 11 is 0. The Bertz CT molecular complexity index is 850. The number of amides is 1. The van der Waals surface area contributed by atoms with Gasteiger partial charge in [0.2, 0.25) is 10.0 Å². The van der Waals surface area contributed by atoms with Crippen molar-refractivity contribution in [1.29, 1.82) is 5.26 Å². The summed E-state index contributed by atoms with van der Waals surface area (Å²) in [5.74, 6) is -0.0371. The summed E-state index contributed by atoms with van der Waals surface area (Å²) in [4.78, 5) is 14.2. The molecule has 1 aromatic carbocycles. The summed E-state index contributed by atoms with van der Waals surface area (Å²) in [5.41, 5.74) is 1.38. The highest BCUT2D eigenvalue weighted by Gasteiger charge is 2.23. The van der Waals surface area contributed by atoms with Gasteiger partial charge in [-0.05, 0) is 24.6 Å². The van der Waals surface area contributed by atoms with Crippen LogP contribution in [0.3, 0.4) is 0 Å². The van der Waals surface area contributed by atoms with Crippen molar-refractivity contribution < 1.29 is 17.9 Å². The lowest BCUT2D eigenvalue weighted by Crippen LogP contribution is -2.46. The minimum atomic E-state index is -3.22. The molecule has 1 aliphatic heterocycles. The van der Waals surface area contributed by atoms with Gasteiger partial charge in [0.25, 0.3) is 5.91 Å². The van der Waals surface area contributed by atoms with Gasteiger partial charge in [-0.15, -0.1) is 0 Å². The SMILES string of the molecule is COc1ccc(C)cc1NC(=O)/C(C#N)=C\N1CCN(S(C)(=O)=O)CC1. The van der Waals surface area contributed by atoms with E-state index >= 15 is 0 Å². The van der Waals surface area contributed by atoms with Gasteiger partial charge in [0.15, 0.2) is 0 Å². The molecule has 2 rings (SSSR count). The van der Waals surface area contributed by atoms with Crippen LogP contribution in [0.5, 0.6) is 5.75 Å². The summed E-state index contributed by atoms with van der Waals surface area (Å²) in [6, 6.07) is 7.26. The predicted molar refractivity (Wildman–Crippen MR) is 98.0 cm³/mol. The molecule has 0 atom stereocenters. The fraction of sp³-hybridized carbons (Fsp3) is 0.412. The molecule has 1 fully saturated rings. The molecule has 1 aromatic rings. The van der Waals surface area contributed by atoms with Gasteiger partial charge in [0, 0.05) is 32.4 Å². The highest BCUT2D eigenvalue weighted by atomic mass is 32.2. The second-order valence-corrected chi connectivity index (χ2v) is 7.99. The van der Waals surface area contributed by atoms with Crippen molar-refractivity contribution in [3.63, 3.8) is 0 Å². The molecule has 0 saturated carbocycles. The number of nitrogens with one attached hydrogen (secondary N) is 1. The maximum Gasteiger partial charge on any atom is 0.267 e. The Labute approximate surface area is 153 Å². The summed E-state index contributed by atoms with van der Waals surface area (Å²) in [5, 5.41) is 12.0. The Morgan fingerprint density at radius 2 is 1.96 bits per heavy atom. The first-order valence-electron chi connectivity index (χ1n) is 8.01. The van der Waals surface area contributed by atoms with Crippen molar-refractivity contribution in [2.75, 3.05) is 44.9 Å². The second-order valence-electron chi connectivity index (χ2n) is 6.01. The molecule has 140 valence electrons. The molecule has 0 bridgehead atoms. The van der Waals surface area contributed by atoms with Crippen LogP contribution in [0.15, 0.2) is 30.0 Å². The van der Waals surface area contributed by atoms with Gasteiger partial charge in [-0.25, -0.2) is 8.42 Å². The van der Waals surface area contributed by atoms with E-state index in [0.717, 1.165) is 5.56 Å². The molecule has 1 saturated heterocycles. The van der Waals surface area contributed by atoms with Crippen molar-refractivity contribution in [3.05, 3.63) is 35.5 Å². The quantitative estimate of drug-likeness (QED) is 0.604. The van der Waals surface area contributed by atoms with Crippen molar-refractivity contribution in [1.82, 2.24) is 9.21 Å². The Kier molecular flexibility index (Phi) is 6.23. The van der Waals surface area contributed by atoms with Crippen molar-refractivity contribution >= 4 is 21.6 Å². The van der Waals surface area contributed by atoms with Gasteiger partial charge >= 0.3 is 0 Å². The molecule has 1 aliphatic rings. The minimum absolute atomic E-state index is 0.0543. The van der Waals surface area contributed by atoms with Crippen LogP contribution in [0, 0.1) is 18.3 Å². The summed E-state index contributed by atoms with van der Waals surface area (Å²) in [7, 11) is -1.72. The molecule has 0 aromatic heterocycles. The molecule has 0 spiro atoms. The standard InChI is InChI=1S/C17H22N4O4S/c1-13-4-5-16(25-2)15(10-13)19-17(22)14(11-18)12-20-6-8-21(9-7-20)26(3,23)24/h4-5,10,12H,6-9H2,1-3H3,(H,19,22)/b14-12-. The number of sulfonamides is 1. The molecule has 0 unspecified atom stereocenters. The van der Waals surface area contributed by atoms with Crippen LogP contribution in [-0.4, -0.2) is 63.1 Å². The number of benzene rings is 1. The van der Waals surface area contributed by atoms with E-state index in [1.165, 1.54) is 23.9 Å². The Balaban J connectivity index is 2.09. The molecule has 1 heterocycles. The zero-order chi connectivity index (χ0) is 19.3. The maximum absolute atomic E-state index is 12.4. The van der Waals surface area contributed by atoms with Crippen LogP contribution in [0.25, 0.3) is 0 Å². The monoisotopic (exact) mass is 378 g/mol. The highest BCUT2D eigenvalue weighted by molar-refractivity contribution is 7.88. The number of nitriles is 1. The lowest BCUT2D eigenvalue weighted by molar-refractivity contribution is -0.112. The Hall–Kier alpha value is -2.57. The van der Waals surface area contributed by atoms with Crippen molar-refractivity contribution in [2.45, 2.75) is 6.92 Å². The lowest BCUT2D eigenvalue weighted by atomic mass is 10.2. The average molecular weight is 378 g/mol. The van der Waals surface area contributed by atoms with Crippen molar-refractivity contribution in [3.8, 4) is 11.8 Å². The molecule has 8 nitrogen and oxygen atoms in total. The normalized spacial score (nSPS) is 16.1. The Morgan fingerprint density at radius 1 is 1.31 bits per heavy atom. The summed E-state index contributed by atoms with van der Waals surface area (Å²) in [6.07, 6.45) is 2.64. The van der Waals surface area contributed by atoms with Gasteiger partial charge in [-0.2, -0.15) is 9.57 Å². The molecule has 0 radical (unpaired) electrons. The van der Waals surface area contributed by atoms with Crippen LogP contribution in [0.2, 0.25) is 0 Å². The highest BCUT2D eigenvalue weighted by Crippen LogP contribution is 2.25. The van der Waals surface area contributed by atoms with E-state index < -0.39 is 15.9 Å². The van der Waals surface area contributed by atoms with Gasteiger partial charge in [-0.1, -0.05) is 6.07 Å². The third-order valence-electron chi connectivity index (χ3n) is 4.02. The van der Waals surface area contributed by atoms with Crippen molar-refractivity contribution in [2.24, 2.45) is 0 Å². The second kappa shape index (κ2) is 8.21. The van der Waals surface area contributed by atoms with Crippen LogP contribution in [0.1, 0.15) is 5.56 Å². The third kappa shape index (κ3) is 4.97. The zero-order valence-corrected chi connectivity index (χ0v) is 15.8. The number of ether oxygens (including phenoxy) is 1. The number of anilines is 1. The molecule has 0 aliphatic carbocycles. The first kappa shape index (κ1) is 19.8. The molecule has 1 N–H and O–H groups in total. The van der Waals surface area contributed by atoms with Crippen LogP contribution >= 0.6 is 0 Å². The average Bonchev–Trinajstić information content (AvgIpc) is 2.59. The molecular weight excluding hydrogens is 356 g/mol.